The second-order valence-electron chi connectivity index (χ2n) is 6.02. The molecule has 0 aliphatic carbocycles. The molecule has 136 valence electrons. The van der Waals surface area contributed by atoms with Gasteiger partial charge in [-0.2, -0.15) is 0 Å². The van der Waals surface area contributed by atoms with Crippen molar-refractivity contribution in [2.45, 2.75) is 36.5 Å². The lowest BCUT2D eigenvalue weighted by atomic mass is 10.2. The quantitative estimate of drug-likeness (QED) is 0.740. The van der Waals surface area contributed by atoms with Gasteiger partial charge in [-0.05, 0) is 31.9 Å². The minimum atomic E-state index is -0.953. The summed E-state index contributed by atoms with van der Waals surface area (Å²) >= 11 is 1.27. The molecule has 1 aliphatic heterocycles. The predicted octanol–water partition coefficient (Wildman–Crippen LogP) is 1.73. The van der Waals surface area contributed by atoms with Crippen LogP contribution in [0.2, 0.25) is 0 Å². The zero-order valence-corrected chi connectivity index (χ0v) is 15.3. The maximum Gasteiger partial charge on any atom is 0.305 e. The van der Waals surface area contributed by atoms with E-state index in [1.54, 1.807) is 25.4 Å². The number of nitrogens with zero attached hydrogens (tertiary/aromatic N) is 3. The number of hydrogen-bond donors (Lipinski definition) is 1. The molecule has 1 aromatic rings. The van der Waals surface area contributed by atoms with Crippen molar-refractivity contribution in [3.8, 4) is 0 Å². The number of rotatable bonds is 7. The molecule has 1 unspecified atom stereocenters. The second kappa shape index (κ2) is 8.84. The van der Waals surface area contributed by atoms with Crippen molar-refractivity contribution in [1.29, 1.82) is 0 Å². The Kier molecular flexibility index (Phi) is 6.81. The number of aliphatic carboxylic acids is 1. The van der Waals surface area contributed by atoms with Crippen molar-refractivity contribution in [3.05, 3.63) is 23.9 Å². The number of carboxylic acid groups (broad SMARTS) is 1. The van der Waals surface area contributed by atoms with Gasteiger partial charge in [0, 0.05) is 32.9 Å². The van der Waals surface area contributed by atoms with Crippen LogP contribution >= 0.6 is 11.8 Å². The topological polar surface area (TPSA) is 90.8 Å². The van der Waals surface area contributed by atoms with Gasteiger partial charge in [0.15, 0.2) is 0 Å². The lowest BCUT2D eigenvalue weighted by Gasteiger charge is -2.21. The molecule has 8 heteroatoms. The van der Waals surface area contributed by atoms with Crippen molar-refractivity contribution in [2.24, 2.45) is 0 Å². The first-order chi connectivity index (χ1) is 11.9. The monoisotopic (exact) mass is 365 g/mol. The highest BCUT2D eigenvalue weighted by Gasteiger charge is 2.26. The lowest BCUT2D eigenvalue weighted by molar-refractivity contribution is -0.137. The molecule has 1 aliphatic rings. The average molecular weight is 365 g/mol. The van der Waals surface area contributed by atoms with Crippen molar-refractivity contribution >= 4 is 29.5 Å². The molecule has 1 saturated heterocycles. The molecule has 0 radical (unpaired) electrons. The third kappa shape index (κ3) is 5.19. The Morgan fingerprint density at radius 3 is 2.68 bits per heavy atom. The van der Waals surface area contributed by atoms with Crippen molar-refractivity contribution in [3.63, 3.8) is 0 Å². The van der Waals surface area contributed by atoms with Gasteiger partial charge in [0.1, 0.15) is 5.03 Å². The highest BCUT2D eigenvalue weighted by atomic mass is 32.2. The fourth-order valence-corrected chi connectivity index (χ4v) is 3.62. The van der Waals surface area contributed by atoms with Gasteiger partial charge in [-0.25, -0.2) is 4.98 Å². The number of carbonyl (C=O) groups excluding carboxylic acids is 2. The number of hydrogen-bond acceptors (Lipinski definition) is 5. The Morgan fingerprint density at radius 1 is 1.36 bits per heavy atom. The van der Waals surface area contributed by atoms with Crippen LogP contribution in [-0.2, 0) is 9.59 Å². The van der Waals surface area contributed by atoms with Crippen LogP contribution in [0.25, 0.3) is 0 Å². The van der Waals surface area contributed by atoms with Crippen molar-refractivity contribution in [1.82, 2.24) is 14.8 Å². The fraction of sp³-hybridized carbons (Fsp3) is 0.529. The molecule has 7 nitrogen and oxygen atoms in total. The molecule has 1 N–H and O–H groups in total. The summed E-state index contributed by atoms with van der Waals surface area (Å²) in [6.45, 7) is 3.52. The average Bonchev–Trinajstić information content (AvgIpc) is 3.13. The van der Waals surface area contributed by atoms with Crippen LogP contribution in [-0.4, -0.2) is 69.6 Å². The zero-order chi connectivity index (χ0) is 18.4. The molecular weight excluding hydrogens is 342 g/mol. The highest BCUT2D eigenvalue weighted by molar-refractivity contribution is 8.00. The number of thioether (sulfide) groups is 1. The third-order valence-corrected chi connectivity index (χ3v) is 5.17. The Hall–Kier alpha value is -2.09. The Morgan fingerprint density at radius 2 is 2.04 bits per heavy atom. The van der Waals surface area contributed by atoms with E-state index in [4.69, 9.17) is 5.11 Å². The summed E-state index contributed by atoms with van der Waals surface area (Å²) in [5, 5.41) is 8.92. The van der Waals surface area contributed by atoms with E-state index in [1.165, 1.54) is 16.7 Å². The summed E-state index contributed by atoms with van der Waals surface area (Å²) in [6, 6.07) is 3.32. The summed E-state index contributed by atoms with van der Waals surface area (Å²) in [6.07, 6.45) is 3.54. The van der Waals surface area contributed by atoms with Gasteiger partial charge in [0.05, 0.1) is 17.2 Å². The van der Waals surface area contributed by atoms with Crippen LogP contribution in [0.4, 0.5) is 0 Å². The van der Waals surface area contributed by atoms with E-state index in [0.717, 1.165) is 25.9 Å². The number of pyridine rings is 1. The maximum atomic E-state index is 12.6. The lowest BCUT2D eigenvalue weighted by Crippen LogP contribution is -2.34. The zero-order valence-electron chi connectivity index (χ0n) is 14.5. The van der Waals surface area contributed by atoms with Gasteiger partial charge in [0.2, 0.25) is 5.91 Å². The first kappa shape index (κ1) is 19.2. The largest absolute Gasteiger partial charge is 0.481 e. The van der Waals surface area contributed by atoms with Gasteiger partial charge < -0.3 is 14.9 Å². The summed E-state index contributed by atoms with van der Waals surface area (Å²) in [5.41, 5.74) is 0.390. The van der Waals surface area contributed by atoms with E-state index in [-0.39, 0.29) is 30.0 Å². The Bertz CT molecular complexity index is 647. The van der Waals surface area contributed by atoms with E-state index in [0.29, 0.717) is 10.6 Å². The van der Waals surface area contributed by atoms with Crippen LogP contribution < -0.4 is 0 Å². The predicted molar refractivity (Wildman–Crippen MR) is 94.6 cm³/mol. The van der Waals surface area contributed by atoms with Gasteiger partial charge in [-0.3, -0.25) is 14.4 Å². The number of amides is 2. The van der Waals surface area contributed by atoms with E-state index in [9.17, 15) is 14.4 Å². The standard InChI is InChI=1S/C17H23N3O4S/c1-12(16(23)20-9-3-4-10-20)25-15-13(6-5-8-18-15)17(24)19(2)11-7-14(21)22/h5-6,8,12H,3-4,7,9-11H2,1-2H3,(H,21,22). The van der Waals surface area contributed by atoms with Crippen LogP contribution in [0.1, 0.15) is 36.5 Å². The third-order valence-electron chi connectivity index (χ3n) is 4.06. The molecule has 0 saturated carbocycles. The minimum Gasteiger partial charge on any atom is -0.481 e. The van der Waals surface area contributed by atoms with E-state index >= 15 is 0 Å². The molecular formula is C17H23N3O4S. The second-order valence-corrected chi connectivity index (χ2v) is 7.35. The first-order valence-corrected chi connectivity index (χ1v) is 9.16. The molecule has 25 heavy (non-hydrogen) atoms. The summed E-state index contributed by atoms with van der Waals surface area (Å²) < 4.78 is 0. The van der Waals surface area contributed by atoms with E-state index in [2.05, 4.69) is 4.98 Å². The molecule has 1 fully saturated rings. The van der Waals surface area contributed by atoms with Gasteiger partial charge in [-0.15, -0.1) is 0 Å². The molecule has 1 aromatic heterocycles. The first-order valence-electron chi connectivity index (χ1n) is 8.28. The summed E-state index contributed by atoms with van der Waals surface area (Å²) in [7, 11) is 1.56. The van der Waals surface area contributed by atoms with E-state index < -0.39 is 5.97 Å². The van der Waals surface area contributed by atoms with Crippen molar-refractivity contribution in [2.75, 3.05) is 26.7 Å². The molecule has 0 bridgehead atoms. The van der Waals surface area contributed by atoms with Gasteiger partial charge in [-0.1, -0.05) is 11.8 Å². The smallest absolute Gasteiger partial charge is 0.305 e. The van der Waals surface area contributed by atoms with Gasteiger partial charge >= 0.3 is 5.97 Å². The van der Waals surface area contributed by atoms with E-state index in [1.807, 2.05) is 11.8 Å². The molecule has 0 aromatic carbocycles. The number of carboxylic acids is 1. The molecule has 1 atom stereocenters. The highest BCUT2D eigenvalue weighted by Crippen LogP contribution is 2.27. The van der Waals surface area contributed by atoms with Crippen LogP contribution in [0.3, 0.4) is 0 Å². The normalized spacial score (nSPS) is 15.0. The minimum absolute atomic E-state index is 0.0609. The van der Waals surface area contributed by atoms with Crippen LogP contribution in [0.15, 0.2) is 23.4 Å². The Labute approximate surface area is 151 Å². The molecule has 2 rings (SSSR count). The number of likely N-dealkylation sites (tertiary alicyclic amines) is 1. The van der Waals surface area contributed by atoms with Crippen LogP contribution in [0.5, 0.6) is 0 Å². The molecule has 0 spiro atoms. The Balaban J connectivity index is 2.07. The number of carbonyl (C=O) groups is 3. The van der Waals surface area contributed by atoms with Crippen LogP contribution in [0, 0.1) is 0 Å². The molecule has 2 heterocycles. The summed E-state index contributed by atoms with van der Waals surface area (Å²) in [5.74, 6) is -1.19. The SMILES string of the molecule is CC(Sc1ncccc1C(=O)N(C)CCC(=O)O)C(=O)N1CCCC1. The van der Waals surface area contributed by atoms with Gasteiger partial charge in [0.25, 0.3) is 5.91 Å². The number of aromatic nitrogens is 1. The fourth-order valence-electron chi connectivity index (χ4n) is 2.63. The van der Waals surface area contributed by atoms with Crippen molar-refractivity contribution < 1.29 is 19.5 Å². The molecule has 2 amide bonds. The summed E-state index contributed by atoms with van der Waals surface area (Å²) in [4.78, 5) is 43.2. The maximum absolute atomic E-state index is 12.6.